The standard InChI is InChI=1S/C18H13NO2S3/c1-21-18(20)17-15(12-3-6-23-9-12)14(11-2-5-22-8-11)16(19-17)13-4-7-24-10-13/h2-10,19H,1H3. The SMILES string of the molecule is COC(=O)c1[nH]c(-c2ccsc2)c(-c2ccsc2)c1-c1ccsc1. The van der Waals surface area contributed by atoms with Gasteiger partial charge < -0.3 is 9.72 Å². The van der Waals surface area contributed by atoms with E-state index < -0.39 is 0 Å². The molecule has 0 aliphatic carbocycles. The maximum absolute atomic E-state index is 12.4. The van der Waals surface area contributed by atoms with Gasteiger partial charge in [0.15, 0.2) is 0 Å². The van der Waals surface area contributed by atoms with Gasteiger partial charge >= 0.3 is 5.97 Å². The largest absolute Gasteiger partial charge is 0.464 e. The molecule has 0 fully saturated rings. The second kappa shape index (κ2) is 6.39. The minimum absolute atomic E-state index is 0.353. The molecule has 0 bridgehead atoms. The lowest BCUT2D eigenvalue weighted by molar-refractivity contribution is 0.0596. The van der Waals surface area contributed by atoms with Crippen molar-refractivity contribution in [1.82, 2.24) is 4.98 Å². The van der Waals surface area contributed by atoms with E-state index in [0.717, 1.165) is 33.5 Å². The van der Waals surface area contributed by atoms with Crippen LogP contribution in [0.4, 0.5) is 0 Å². The maximum Gasteiger partial charge on any atom is 0.355 e. The minimum Gasteiger partial charge on any atom is -0.464 e. The molecular weight excluding hydrogens is 358 g/mol. The third-order valence-corrected chi connectivity index (χ3v) is 5.87. The Hall–Kier alpha value is -2.15. The van der Waals surface area contributed by atoms with E-state index in [1.165, 1.54) is 7.11 Å². The van der Waals surface area contributed by atoms with Crippen LogP contribution in [0.5, 0.6) is 0 Å². The lowest BCUT2D eigenvalue weighted by Gasteiger charge is -2.05. The van der Waals surface area contributed by atoms with Gasteiger partial charge in [0.1, 0.15) is 5.69 Å². The van der Waals surface area contributed by atoms with Crippen molar-refractivity contribution in [1.29, 1.82) is 0 Å². The van der Waals surface area contributed by atoms with E-state index in [2.05, 4.69) is 38.6 Å². The smallest absolute Gasteiger partial charge is 0.355 e. The van der Waals surface area contributed by atoms with Crippen LogP contribution in [-0.4, -0.2) is 18.1 Å². The Bertz CT molecular complexity index is 949. The Morgan fingerprint density at radius 2 is 1.42 bits per heavy atom. The maximum atomic E-state index is 12.4. The number of H-pyrrole nitrogens is 1. The fourth-order valence-corrected chi connectivity index (χ4v) is 4.71. The fraction of sp³-hybridized carbons (Fsp3) is 0.0556. The average molecular weight is 372 g/mol. The minimum atomic E-state index is -0.353. The third kappa shape index (κ3) is 2.53. The number of hydrogen-bond acceptors (Lipinski definition) is 5. The Kier molecular flexibility index (Phi) is 4.10. The molecule has 0 aliphatic rings. The van der Waals surface area contributed by atoms with E-state index >= 15 is 0 Å². The summed E-state index contributed by atoms with van der Waals surface area (Å²) in [4.78, 5) is 15.7. The number of nitrogens with one attached hydrogen (secondary N) is 1. The van der Waals surface area contributed by atoms with E-state index in [1.807, 2.05) is 16.8 Å². The molecule has 6 heteroatoms. The second-order valence-corrected chi connectivity index (χ2v) is 7.49. The second-order valence-electron chi connectivity index (χ2n) is 5.15. The first-order valence-corrected chi connectivity index (χ1v) is 10.0. The van der Waals surface area contributed by atoms with Gasteiger partial charge in [-0.05, 0) is 56.2 Å². The first-order chi connectivity index (χ1) is 11.8. The molecule has 4 heterocycles. The van der Waals surface area contributed by atoms with Crippen molar-refractivity contribution in [2.24, 2.45) is 0 Å². The quantitative estimate of drug-likeness (QED) is 0.448. The molecule has 4 aromatic heterocycles. The van der Waals surface area contributed by atoms with Crippen LogP contribution in [0, 0.1) is 0 Å². The number of thiophene rings is 3. The van der Waals surface area contributed by atoms with Gasteiger partial charge in [-0.2, -0.15) is 34.0 Å². The highest BCUT2D eigenvalue weighted by Crippen LogP contribution is 2.44. The Balaban J connectivity index is 2.07. The van der Waals surface area contributed by atoms with Gasteiger partial charge in [0.2, 0.25) is 0 Å². The highest BCUT2D eigenvalue weighted by Gasteiger charge is 2.26. The summed E-state index contributed by atoms with van der Waals surface area (Å²) in [7, 11) is 1.41. The molecule has 3 nitrogen and oxygen atoms in total. The lowest BCUT2D eigenvalue weighted by Crippen LogP contribution is -2.03. The van der Waals surface area contributed by atoms with Crippen LogP contribution >= 0.6 is 34.0 Å². The summed E-state index contributed by atoms with van der Waals surface area (Å²) in [5, 5.41) is 12.4. The number of rotatable bonds is 4. The van der Waals surface area contributed by atoms with Gasteiger partial charge in [-0.1, -0.05) is 0 Å². The van der Waals surface area contributed by atoms with Crippen LogP contribution in [0.3, 0.4) is 0 Å². The first kappa shape index (κ1) is 15.4. The van der Waals surface area contributed by atoms with Gasteiger partial charge in [0.25, 0.3) is 0 Å². The zero-order valence-electron chi connectivity index (χ0n) is 12.7. The molecule has 0 aliphatic heterocycles. The van der Waals surface area contributed by atoms with Crippen molar-refractivity contribution < 1.29 is 9.53 Å². The highest BCUT2D eigenvalue weighted by molar-refractivity contribution is 7.08. The van der Waals surface area contributed by atoms with Gasteiger partial charge in [-0.15, -0.1) is 0 Å². The van der Waals surface area contributed by atoms with Crippen LogP contribution in [-0.2, 0) is 4.74 Å². The summed E-state index contributed by atoms with van der Waals surface area (Å²) in [6, 6.07) is 6.18. The molecular formula is C18H13NO2S3. The van der Waals surface area contributed by atoms with Gasteiger partial charge in [-0.3, -0.25) is 0 Å². The van der Waals surface area contributed by atoms with Gasteiger partial charge in [-0.25, -0.2) is 4.79 Å². The number of aromatic nitrogens is 1. The van der Waals surface area contributed by atoms with Crippen molar-refractivity contribution in [3.05, 3.63) is 56.2 Å². The number of aromatic amines is 1. The number of hydrogen-bond donors (Lipinski definition) is 1. The molecule has 0 amide bonds. The summed E-state index contributed by atoms with van der Waals surface area (Å²) in [6.07, 6.45) is 0. The summed E-state index contributed by atoms with van der Waals surface area (Å²) in [5.74, 6) is -0.353. The van der Waals surface area contributed by atoms with Crippen LogP contribution in [0.25, 0.3) is 33.5 Å². The molecule has 0 aromatic carbocycles. The molecule has 0 spiro atoms. The van der Waals surface area contributed by atoms with Gasteiger partial charge in [0, 0.05) is 22.1 Å². The topological polar surface area (TPSA) is 42.1 Å². The van der Waals surface area contributed by atoms with E-state index in [1.54, 1.807) is 34.0 Å². The number of methoxy groups -OCH3 is 1. The zero-order valence-corrected chi connectivity index (χ0v) is 15.2. The van der Waals surface area contributed by atoms with Crippen molar-refractivity contribution in [2.75, 3.05) is 7.11 Å². The highest BCUT2D eigenvalue weighted by atomic mass is 32.1. The molecule has 24 heavy (non-hydrogen) atoms. The van der Waals surface area contributed by atoms with Crippen molar-refractivity contribution in [2.45, 2.75) is 0 Å². The normalized spacial score (nSPS) is 10.9. The summed E-state index contributed by atoms with van der Waals surface area (Å²) >= 11 is 4.89. The molecule has 0 atom stereocenters. The molecule has 0 saturated heterocycles. The lowest BCUT2D eigenvalue weighted by atomic mass is 9.96. The summed E-state index contributed by atoms with van der Waals surface area (Å²) in [6.45, 7) is 0. The van der Waals surface area contributed by atoms with E-state index in [4.69, 9.17) is 4.74 Å². The number of carbonyl (C=O) groups excluding carboxylic acids is 1. The average Bonchev–Trinajstić information content (AvgIpc) is 3.40. The first-order valence-electron chi connectivity index (χ1n) is 7.21. The zero-order chi connectivity index (χ0) is 16.5. The monoisotopic (exact) mass is 371 g/mol. The Labute approximate surface area is 151 Å². The predicted octanol–water partition coefficient (Wildman–Crippen LogP) is 5.99. The molecule has 0 radical (unpaired) electrons. The molecule has 0 unspecified atom stereocenters. The van der Waals surface area contributed by atoms with Crippen molar-refractivity contribution in [3.8, 4) is 33.5 Å². The molecule has 120 valence electrons. The Morgan fingerprint density at radius 1 is 0.875 bits per heavy atom. The van der Waals surface area contributed by atoms with Crippen LogP contribution in [0.1, 0.15) is 10.5 Å². The van der Waals surface area contributed by atoms with E-state index in [9.17, 15) is 4.79 Å². The number of carbonyl (C=O) groups is 1. The van der Waals surface area contributed by atoms with E-state index in [0.29, 0.717) is 5.69 Å². The number of ether oxygens (including phenoxy) is 1. The summed E-state index contributed by atoms with van der Waals surface area (Å²) < 4.78 is 5.02. The molecule has 4 aromatic rings. The predicted molar refractivity (Wildman–Crippen MR) is 102 cm³/mol. The number of esters is 1. The van der Waals surface area contributed by atoms with Gasteiger partial charge in [0.05, 0.1) is 12.8 Å². The molecule has 0 saturated carbocycles. The van der Waals surface area contributed by atoms with Crippen LogP contribution < -0.4 is 0 Å². The van der Waals surface area contributed by atoms with Crippen LogP contribution in [0.15, 0.2) is 50.5 Å². The summed E-state index contributed by atoms with van der Waals surface area (Å²) in [5.41, 5.74) is 6.62. The van der Waals surface area contributed by atoms with Crippen molar-refractivity contribution >= 4 is 40.0 Å². The Morgan fingerprint density at radius 3 is 1.92 bits per heavy atom. The molecule has 4 rings (SSSR count). The third-order valence-electron chi connectivity index (χ3n) is 3.82. The van der Waals surface area contributed by atoms with Crippen LogP contribution in [0.2, 0.25) is 0 Å². The van der Waals surface area contributed by atoms with Crippen molar-refractivity contribution in [3.63, 3.8) is 0 Å². The van der Waals surface area contributed by atoms with E-state index in [-0.39, 0.29) is 5.97 Å². The molecule has 1 N–H and O–H groups in total. The fourth-order valence-electron chi connectivity index (χ4n) is 2.77.